The zero-order valence-electron chi connectivity index (χ0n) is 16.0. The Kier molecular flexibility index (Phi) is 4.97. The molecule has 2 atom stereocenters. The number of nitrogens with zero attached hydrogens (tertiary/aromatic N) is 3. The zero-order valence-corrected chi connectivity index (χ0v) is 17.5. The summed E-state index contributed by atoms with van der Waals surface area (Å²) < 4.78 is 1.18. The summed E-state index contributed by atoms with van der Waals surface area (Å²) in [6.45, 7) is 5.76. The van der Waals surface area contributed by atoms with E-state index in [4.69, 9.17) is 11.6 Å². The minimum absolute atomic E-state index is 0.248. The minimum Gasteiger partial charge on any atom is -0.324 e. The molecule has 0 saturated carbocycles. The number of carbonyl (C=O) groups is 1. The molecule has 4 rings (SSSR count). The van der Waals surface area contributed by atoms with Gasteiger partial charge in [-0.15, -0.1) is 16.4 Å². The topological polar surface area (TPSA) is 76.9 Å². The van der Waals surface area contributed by atoms with Crippen LogP contribution in [0.3, 0.4) is 0 Å². The summed E-state index contributed by atoms with van der Waals surface area (Å²) in [5.41, 5.74) is 2.35. The highest BCUT2D eigenvalue weighted by Gasteiger charge is 2.26. The molecule has 8 heteroatoms. The van der Waals surface area contributed by atoms with Gasteiger partial charge in [-0.2, -0.15) is 4.68 Å². The lowest BCUT2D eigenvalue weighted by Crippen LogP contribution is -2.34. The van der Waals surface area contributed by atoms with Crippen LogP contribution in [0.5, 0.6) is 0 Å². The Morgan fingerprint density at radius 2 is 2.21 bits per heavy atom. The lowest BCUT2D eigenvalue weighted by atomic mass is 9.89. The number of anilines is 1. The van der Waals surface area contributed by atoms with Gasteiger partial charge in [0.1, 0.15) is 6.04 Å². The van der Waals surface area contributed by atoms with Gasteiger partial charge in [-0.05, 0) is 62.3 Å². The van der Waals surface area contributed by atoms with Gasteiger partial charge < -0.3 is 5.32 Å². The van der Waals surface area contributed by atoms with E-state index in [1.807, 2.05) is 13.0 Å². The summed E-state index contributed by atoms with van der Waals surface area (Å²) in [5, 5.41) is 12.3. The van der Waals surface area contributed by atoms with E-state index in [0.717, 1.165) is 30.4 Å². The third kappa shape index (κ3) is 3.33. The molecule has 28 heavy (non-hydrogen) atoms. The lowest BCUT2D eigenvalue weighted by Gasteiger charge is -2.17. The van der Waals surface area contributed by atoms with Crippen LogP contribution >= 0.6 is 22.9 Å². The SMILES string of the molecule is Cc1ccc(NC(=O)[C@H](C)n2nnc3sc4c(c3c2=O)CC[C@H](C)C4)cc1Cl. The number of halogens is 1. The molecule has 1 aliphatic carbocycles. The number of carbonyl (C=O) groups excluding carboxylic acids is 1. The number of hydrogen-bond acceptors (Lipinski definition) is 5. The Labute approximate surface area is 171 Å². The summed E-state index contributed by atoms with van der Waals surface area (Å²) in [4.78, 5) is 27.7. The summed E-state index contributed by atoms with van der Waals surface area (Å²) in [6.07, 6.45) is 2.91. The molecule has 0 radical (unpaired) electrons. The van der Waals surface area contributed by atoms with Crippen molar-refractivity contribution in [3.8, 4) is 0 Å². The lowest BCUT2D eigenvalue weighted by molar-refractivity contribution is -0.119. The molecule has 3 aromatic rings. The van der Waals surface area contributed by atoms with Crippen LogP contribution in [0.15, 0.2) is 23.0 Å². The Morgan fingerprint density at radius 3 is 2.96 bits per heavy atom. The standard InChI is InChI=1S/C20H21ClN4O2S/c1-10-4-7-14-16(8-10)28-19-17(14)20(27)25(24-23-19)12(3)18(26)22-13-6-5-11(2)15(21)9-13/h5-6,9-10,12H,4,7-8H2,1-3H3,(H,22,26)/t10-,12-/m0/s1. The number of hydrogen-bond donors (Lipinski definition) is 1. The Balaban J connectivity index is 1.66. The van der Waals surface area contributed by atoms with E-state index in [1.54, 1.807) is 30.4 Å². The maximum absolute atomic E-state index is 13.1. The number of fused-ring (bicyclic) bond motifs is 3. The minimum atomic E-state index is -0.789. The molecule has 0 fully saturated rings. The van der Waals surface area contributed by atoms with Gasteiger partial charge in [0.25, 0.3) is 5.56 Å². The van der Waals surface area contributed by atoms with Gasteiger partial charge >= 0.3 is 0 Å². The van der Waals surface area contributed by atoms with Crippen LogP contribution in [-0.2, 0) is 17.6 Å². The smallest absolute Gasteiger partial charge is 0.279 e. The predicted octanol–water partition coefficient (Wildman–Crippen LogP) is 4.14. The molecule has 1 aromatic carbocycles. The average Bonchev–Trinajstić information content (AvgIpc) is 3.02. The number of nitrogens with one attached hydrogen (secondary N) is 1. The predicted molar refractivity (Wildman–Crippen MR) is 112 cm³/mol. The summed E-state index contributed by atoms with van der Waals surface area (Å²) in [5.74, 6) is 0.273. The highest BCUT2D eigenvalue weighted by atomic mass is 35.5. The van der Waals surface area contributed by atoms with Crippen molar-refractivity contribution in [2.45, 2.75) is 46.1 Å². The number of thiophene rings is 1. The molecular formula is C20H21ClN4O2S. The highest BCUT2D eigenvalue weighted by molar-refractivity contribution is 7.18. The maximum atomic E-state index is 13.1. The van der Waals surface area contributed by atoms with Gasteiger partial charge in [-0.3, -0.25) is 9.59 Å². The van der Waals surface area contributed by atoms with E-state index in [9.17, 15) is 9.59 Å². The monoisotopic (exact) mass is 416 g/mol. The molecule has 146 valence electrons. The Morgan fingerprint density at radius 1 is 1.43 bits per heavy atom. The highest BCUT2D eigenvalue weighted by Crippen LogP contribution is 2.35. The third-order valence-electron chi connectivity index (χ3n) is 5.33. The summed E-state index contributed by atoms with van der Waals surface area (Å²) in [7, 11) is 0. The van der Waals surface area contributed by atoms with Crippen LogP contribution in [0.25, 0.3) is 10.2 Å². The number of aryl methyl sites for hydroxylation is 2. The molecule has 6 nitrogen and oxygen atoms in total. The second kappa shape index (κ2) is 7.29. The van der Waals surface area contributed by atoms with Crippen molar-refractivity contribution in [2.75, 3.05) is 5.32 Å². The van der Waals surface area contributed by atoms with Crippen molar-refractivity contribution >= 4 is 44.7 Å². The van der Waals surface area contributed by atoms with Crippen molar-refractivity contribution in [3.63, 3.8) is 0 Å². The van der Waals surface area contributed by atoms with E-state index < -0.39 is 6.04 Å². The van der Waals surface area contributed by atoms with Crippen LogP contribution in [0.1, 0.15) is 42.3 Å². The number of aromatic nitrogens is 3. The molecule has 1 N–H and O–H groups in total. The van der Waals surface area contributed by atoms with Gasteiger partial charge in [-0.25, -0.2) is 0 Å². The first-order valence-corrected chi connectivity index (χ1v) is 10.5. The van der Waals surface area contributed by atoms with E-state index in [1.165, 1.54) is 9.56 Å². The molecule has 0 saturated heterocycles. The van der Waals surface area contributed by atoms with Crippen LogP contribution in [-0.4, -0.2) is 20.9 Å². The van der Waals surface area contributed by atoms with Gasteiger partial charge in [0, 0.05) is 15.6 Å². The molecule has 1 amide bonds. The fourth-order valence-electron chi connectivity index (χ4n) is 3.55. The fraction of sp³-hybridized carbons (Fsp3) is 0.400. The third-order valence-corrected chi connectivity index (χ3v) is 6.88. The Hall–Kier alpha value is -2.25. The van der Waals surface area contributed by atoms with E-state index in [0.29, 0.717) is 26.8 Å². The Bertz CT molecular complexity index is 1140. The van der Waals surface area contributed by atoms with Crippen LogP contribution in [0, 0.1) is 12.8 Å². The van der Waals surface area contributed by atoms with E-state index in [2.05, 4.69) is 22.6 Å². The molecule has 0 aliphatic heterocycles. The fourth-order valence-corrected chi connectivity index (χ4v) is 5.05. The second-order valence-electron chi connectivity index (χ2n) is 7.50. The van der Waals surface area contributed by atoms with Gasteiger partial charge in [0.2, 0.25) is 5.91 Å². The van der Waals surface area contributed by atoms with E-state index >= 15 is 0 Å². The van der Waals surface area contributed by atoms with Crippen molar-refractivity contribution in [2.24, 2.45) is 5.92 Å². The first-order chi connectivity index (χ1) is 13.3. The number of rotatable bonds is 3. The molecule has 0 bridgehead atoms. The first kappa shape index (κ1) is 19.1. The van der Waals surface area contributed by atoms with Gasteiger partial charge in [0.15, 0.2) is 4.83 Å². The first-order valence-electron chi connectivity index (χ1n) is 9.32. The second-order valence-corrected chi connectivity index (χ2v) is 8.99. The molecule has 2 aromatic heterocycles. The van der Waals surface area contributed by atoms with Crippen molar-refractivity contribution < 1.29 is 4.79 Å². The molecule has 0 unspecified atom stereocenters. The normalized spacial score (nSPS) is 17.4. The van der Waals surface area contributed by atoms with Crippen LogP contribution in [0.2, 0.25) is 5.02 Å². The van der Waals surface area contributed by atoms with Crippen LogP contribution in [0.4, 0.5) is 5.69 Å². The maximum Gasteiger partial charge on any atom is 0.279 e. The van der Waals surface area contributed by atoms with E-state index in [-0.39, 0.29) is 11.5 Å². The molecule has 0 spiro atoms. The number of benzene rings is 1. The quantitative estimate of drug-likeness (QED) is 0.696. The molecule has 1 aliphatic rings. The summed E-state index contributed by atoms with van der Waals surface area (Å²) >= 11 is 7.67. The van der Waals surface area contributed by atoms with Crippen molar-refractivity contribution in [1.82, 2.24) is 15.0 Å². The molecule has 2 heterocycles. The zero-order chi connectivity index (χ0) is 20.0. The summed E-state index contributed by atoms with van der Waals surface area (Å²) in [6, 6.07) is 4.51. The largest absolute Gasteiger partial charge is 0.324 e. The molecular weight excluding hydrogens is 396 g/mol. The van der Waals surface area contributed by atoms with Gasteiger partial charge in [-0.1, -0.05) is 29.8 Å². The van der Waals surface area contributed by atoms with Crippen molar-refractivity contribution in [3.05, 3.63) is 49.6 Å². The van der Waals surface area contributed by atoms with Gasteiger partial charge in [0.05, 0.1) is 5.39 Å². The number of amides is 1. The average molecular weight is 417 g/mol. The van der Waals surface area contributed by atoms with Crippen LogP contribution < -0.4 is 10.9 Å². The van der Waals surface area contributed by atoms with Crippen molar-refractivity contribution in [1.29, 1.82) is 0 Å².